The Morgan fingerprint density at radius 1 is 1.26 bits per heavy atom. The lowest BCUT2D eigenvalue weighted by Crippen LogP contribution is -2.51. The van der Waals surface area contributed by atoms with E-state index in [1.165, 1.54) is 49.2 Å². The molecule has 4 rings (SSSR count). The van der Waals surface area contributed by atoms with Crippen LogP contribution in [0.1, 0.15) is 61.8 Å². The van der Waals surface area contributed by atoms with Crippen LogP contribution < -0.4 is 0 Å². The monoisotopic (exact) mass is 314 g/mol. The first kappa shape index (κ1) is 14.9. The minimum Gasteiger partial charge on any atom is -0.348 e. The number of imidazole rings is 1. The zero-order chi connectivity index (χ0) is 15.9. The van der Waals surface area contributed by atoms with E-state index in [-0.39, 0.29) is 5.54 Å². The van der Waals surface area contributed by atoms with Gasteiger partial charge in [0.25, 0.3) is 0 Å². The van der Waals surface area contributed by atoms with Crippen molar-refractivity contribution in [2.24, 2.45) is 0 Å². The summed E-state index contributed by atoms with van der Waals surface area (Å²) in [5.41, 5.74) is 5.09. The Morgan fingerprint density at radius 3 is 2.87 bits per heavy atom. The zero-order valence-corrected chi connectivity index (χ0v) is 14.2. The van der Waals surface area contributed by atoms with Crippen molar-refractivity contribution < 1.29 is 0 Å². The summed E-state index contributed by atoms with van der Waals surface area (Å²) in [5, 5.41) is 8.57. The molecule has 2 aromatic rings. The molecule has 1 aliphatic heterocycles. The van der Waals surface area contributed by atoms with Crippen LogP contribution in [0.15, 0.2) is 6.33 Å². The van der Waals surface area contributed by atoms with Crippen molar-refractivity contribution in [2.45, 2.75) is 71.0 Å². The number of fused-ring (bicyclic) bond motifs is 2. The molecule has 0 aromatic carbocycles. The number of hydrogen-bond donors (Lipinski definition) is 1. The normalized spacial score (nSPS) is 20.8. The Kier molecular flexibility index (Phi) is 3.71. The van der Waals surface area contributed by atoms with Gasteiger partial charge >= 0.3 is 0 Å². The average Bonchev–Trinajstić information content (AvgIpc) is 3.19. The second-order valence-corrected chi connectivity index (χ2v) is 6.93. The van der Waals surface area contributed by atoms with Gasteiger partial charge in [-0.2, -0.15) is 0 Å². The topological polar surface area (TPSA) is 62.6 Å². The van der Waals surface area contributed by atoms with Gasteiger partial charge in [-0.15, -0.1) is 5.10 Å². The predicted molar refractivity (Wildman–Crippen MR) is 87.9 cm³/mol. The molecule has 1 saturated carbocycles. The number of aryl methyl sites for hydroxylation is 2. The number of rotatable bonds is 3. The number of nitrogens with zero attached hydrogens (tertiary/aromatic N) is 5. The number of aromatic amines is 1. The van der Waals surface area contributed by atoms with Crippen molar-refractivity contribution in [2.75, 3.05) is 6.54 Å². The third-order valence-corrected chi connectivity index (χ3v) is 5.75. The predicted octanol–water partition coefficient (Wildman–Crippen LogP) is 2.55. The van der Waals surface area contributed by atoms with Gasteiger partial charge in [-0.25, -0.2) is 9.67 Å². The molecule has 2 aromatic heterocycles. The lowest BCUT2D eigenvalue weighted by atomic mass is 9.75. The van der Waals surface area contributed by atoms with E-state index in [0.29, 0.717) is 0 Å². The molecule has 0 atom stereocenters. The minimum atomic E-state index is 0.112. The van der Waals surface area contributed by atoms with Gasteiger partial charge in [-0.1, -0.05) is 24.5 Å². The maximum Gasteiger partial charge on any atom is 0.0926 e. The highest BCUT2D eigenvalue weighted by Gasteiger charge is 2.45. The van der Waals surface area contributed by atoms with Crippen LogP contribution >= 0.6 is 0 Å². The molecule has 1 fully saturated rings. The minimum absolute atomic E-state index is 0.112. The van der Waals surface area contributed by atoms with E-state index in [2.05, 4.69) is 34.0 Å². The molecule has 0 saturated heterocycles. The molecule has 0 radical (unpaired) electrons. The first-order valence-electron chi connectivity index (χ1n) is 8.91. The molecule has 1 spiro atoms. The molecule has 6 nitrogen and oxygen atoms in total. The fraction of sp³-hybridized carbons (Fsp3) is 0.706. The van der Waals surface area contributed by atoms with Gasteiger partial charge < -0.3 is 4.98 Å². The maximum absolute atomic E-state index is 4.74. The van der Waals surface area contributed by atoms with Gasteiger partial charge in [0.15, 0.2) is 0 Å². The van der Waals surface area contributed by atoms with E-state index in [1.807, 2.05) is 11.0 Å². The summed E-state index contributed by atoms with van der Waals surface area (Å²) in [6, 6.07) is 0. The number of aromatic nitrogens is 5. The van der Waals surface area contributed by atoms with Crippen molar-refractivity contribution >= 4 is 0 Å². The Bertz CT molecular complexity index is 679. The second kappa shape index (κ2) is 5.74. The highest BCUT2D eigenvalue weighted by atomic mass is 15.4. The van der Waals surface area contributed by atoms with Crippen LogP contribution in [0.25, 0.3) is 0 Å². The SMILES string of the molecule is CCn1nnc(C)c1CN1CCc2[nH]cnc2C12CCCCC2. The Morgan fingerprint density at radius 2 is 2.09 bits per heavy atom. The molecule has 0 bridgehead atoms. The van der Waals surface area contributed by atoms with E-state index in [0.717, 1.165) is 31.7 Å². The molecule has 2 aliphatic rings. The third kappa shape index (κ3) is 2.31. The van der Waals surface area contributed by atoms with Gasteiger partial charge in [0.1, 0.15) is 0 Å². The van der Waals surface area contributed by atoms with Crippen LogP contribution in [0.3, 0.4) is 0 Å². The molecule has 23 heavy (non-hydrogen) atoms. The Balaban J connectivity index is 1.71. The first-order valence-corrected chi connectivity index (χ1v) is 8.91. The Hall–Kier alpha value is -1.69. The summed E-state index contributed by atoms with van der Waals surface area (Å²) in [6.45, 7) is 7.11. The van der Waals surface area contributed by atoms with Gasteiger partial charge in [-0.3, -0.25) is 4.90 Å². The standard InChI is InChI=1S/C17H26N6/c1-3-23-15(13(2)20-21-23)11-22-10-7-14-16(19-12-18-14)17(22)8-5-4-6-9-17/h12H,3-11H2,1-2H3,(H,18,19). The van der Waals surface area contributed by atoms with E-state index in [9.17, 15) is 0 Å². The number of nitrogens with one attached hydrogen (secondary N) is 1. The highest BCUT2D eigenvalue weighted by Crippen LogP contribution is 2.45. The maximum atomic E-state index is 4.74. The van der Waals surface area contributed by atoms with Crippen molar-refractivity contribution in [1.82, 2.24) is 29.9 Å². The van der Waals surface area contributed by atoms with Crippen molar-refractivity contribution in [1.29, 1.82) is 0 Å². The molecule has 1 N–H and O–H groups in total. The van der Waals surface area contributed by atoms with E-state index in [4.69, 9.17) is 4.98 Å². The molecule has 0 unspecified atom stereocenters. The van der Waals surface area contributed by atoms with E-state index in [1.54, 1.807) is 0 Å². The average molecular weight is 314 g/mol. The van der Waals surface area contributed by atoms with Crippen molar-refractivity contribution in [3.05, 3.63) is 29.1 Å². The van der Waals surface area contributed by atoms with Crippen LogP contribution in [0, 0.1) is 6.92 Å². The van der Waals surface area contributed by atoms with Crippen molar-refractivity contribution in [3.8, 4) is 0 Å². The highest BCUT2D eigenvalue weighted by molar-refractivity contribution is 5.27. The summed E-state index contributed by atoms with van der Waals surface area (Å²) in [5.74, 6) is 0. The largest absolute Gasteiger partial charge is 0.348 e. The quantitative estimate of drug-likeness (QED) is 0.945. The number of hydrogen-bond acceptors (Lipinski definition) is 4. The molecule has 6 heteroatoms. The fourth-order valence-electron chi connectivity index (χ4n) is 4.49. The lowest BCUT2D eigenvalue weighted by molar-refractivity contribution is 0.0233. The van der Waals surface area contributed by atoms with Gasteiger partial charge in [0.2, 0.25) is 0 Å². The van der Waals surface area contributed by atoms with Gasteiger partial charge in [0.05, 0.1) is 28.9 Å². The van der Waals surface area contributed by atoms with Crippen LogP contribution in [-0.2, 0) is 25.0 Å². The molecule has 1 aliphatic carbocycles. The summed E-state index contributed by atoms with van der Waals surface area (Å²) in [4.78, 5) is 10.8. The molecule has 3 heterocycles. The number of H-pyrrole nitrogens is 1. The van der Waals surface area contributed by atoms with Crippen LogP contribution in [0.2, 0.25) is 0 Å². The fourth-order valence-corrected chi connectivity index (χ4v) is 4.49. The summed E-state index contributed by atoms with van der Waals surface area (Å²) < 4.78 is 2.05. The summed E-state index contributed by atoms with van der Waals surface area (Å²) >= 11 is 0. The molecular weight excluding hydrogens is 288 g/mol. The Labute approximate surface area is 137 Å². The molecule has 124 valence electrons. The first-order chi connectivity index (χ1) is 11.2. The third-order valence-electron chi connectivity index (χ3n) is 5.75. The summed E-state index contributed by atoms with van der Waals surface area (Å²) in [7, 11) is 0. The second-order valence-electron chi connectivity index (χ2n) is 6.93. The smallest absolute Gasteiger partial charge is 0.0926 e. The zero-order valence-electron chi connectivity index (χ0n) is 14.2. The molecular formula is C17H26N6. The summed E-state index contributed by atoms with van der Waals surface area (Å²) in [6.07, 6.45) is 9.33. The van der Waals surface area contributed by atoms with Crippen LogP contribution in [0.5, 0.6) is 0 Å². The van der Waals surface area contributed by atoms with Crippen LogP contribution in [-0.4, -0.2) is 36.4 Å². The van der Waals surface area contributed by atoms with Crippen molar-refractivity contribution in [3.63, 3.8) is 0 Å². The lowest BCUT2D eigenvalue weighted by Gasteiger charge is -2.48. The van der Waals surface area contributed by atoms with Crippen LogP contribution in [0.4, 0.5) is 0 Å². The van der Waals surface area contributed by atoms with E-state index < -0.39 is 0 Å². The van der Waals surface area contributed by atoms with E-state index >= 15 is 0 Å². The van der Waals surface area contributed by atoms with Gasteiger partial charge in [-0.05, 0) is 26.7 Å². The molecule has 0 amide bonds. The van der Waals surface area contributed by atoms with Gasteiger partial charge in [0, 0.05) is 31.7 Å².